The molecule has 0 unspecified atom stereocenters. The van der Waals surface area contributed by atoms with Gasteiger partial charge in [0.05, 0.1) is 46.2 Å². The second-order valence-electron chi connectivity index (χ2n) is 4.09. The van der Waals surface area contributed by atoms with E-state index >= 15 is 0 Å². The fourth-order valence-corrected chi connectivity index (χ4v) is 1.06. The van der Waals surface area contributed by atoms with E-state index in [0.29, 0.717) is 58.7 Å². The minimum absolute atomic E-state index is 0.555. The molecule has 0 fully saturated rings. The van der Waals surface area contributed by atoms with Crippen LogP contribution in [-0.2, 0) is 18.9 Å². The van der Waals surface area contributed by atoms with Crippen molar-refractivity contribution in [3.63, 3.8) is 0 Å². The van der Waals surface area contributed by atoms with E-state index in [1.807, 2.05) is 13.8 Å². The first-order valence-corrected chi connectivity index (χ1v) is 7.28. The highest BCUT2D eigenvalue weighted by Crippen LogP contribution is 1.91. The summed E-state index contributed by atoms with van der Waals surface area (Å²) in [6.45, 7) is 13.8. The number of hydrogen-bond donors (Lipinski definition) is 1. The molecule has 0 aromatic rings. The molecule has 0 spiro atoms. The van der Waals surface area contributed by atoms with Gasteiger partial charge in [-0.2, -0.15) is 0 Å². The minimum atomic E-state index is 0.555. The molecule has 0 heterocycles. The van der Waals surface area contributed by atoms with E-state index in [1.54, 1.807) is 0 Å². The molecular formula is C14H33NO4. The van der Waals surface area contributed by atoms with Crippen molar-refractivity contribution in [3.05, 3.63) is 0 Å². The Labute approximate surface area is 118 Å². The van der Waals surface area contributed by atoms with Gasteiger partial charge in [-0.3, -0.25) is 0 Å². The summed E-state index contributed by atoms with van der Waals surface area (Å²) in [6, 6.07) is 0. The van der Waals surface area contributed by atoms with Crippen LogP contribution in [0.3, 0.4) is 0 Å². The minimum Gasteiger partial charge on any atom is -0.379 e. The lowest BCUT2D eigenvalue weighted by Gasteiger charge is -2.08. The molecular weight excluding hydrogens is 246 g/mol. The Bertz CT molecular complexity index is 145. The summed E-state index contributed by atoms with van der Waals surface area (Å²) >= 11 is 0. The van der Waals surface area contributed by atoms with Crippen molar-refractivity contribution in [2.45, 2.75) is 27.7 Å². The largest absolute Gasteiger partial charge is 0.379 e. The normalized spacial score (nSPS) is 10.4. The van der Waals surface area contributed by atoms with Crippen LogP contribution in [0.25, 0.3) is 0 Å². The van der Waals surface area contributed by atoms with Gasteiger partial charge in [0.25, 0.3) is 0 Å². The molecule has 0 aromatic heterocycles. The maximum atomic E-state index is 5.37. The van der Waals surface area contributed by atoms with Gasteiger partial charge in [0.2, 0.25) is 0 Å². The third kappa shape index (κ3) is 23.3. The maximum Gasteiger partial charge on any atom is 0.0701 e. The Morgan fingerprint density at radius 3 is 1.42 bits per heavy atom. The third-order valence-corrected chi connectivity index (χ3v) is 1.83. The van der Waals surface area contributed by atoms with Gasteiger partial charge in [0.1, 0.15) is 0 Å². The van der Waals surface area contributed by atoms with E-state index < -0.39 is 0 Å². The van der Waals surface area contributed by atoms with Gasteiger partial charge in [-0.25, -0.2) is 0 Å². The van der Waals surface area contributed by atoms with E-state index in [0.717, 1.165) is 6.61 Å². The summed E-state index contributed by atoms with van der Waals surface area (Å²) in [5.41, 5.74) is 5.27. The SMILES string of the molecule is CC.CC(C)COCCOCCOCCOCCN. The van der Waals surface area contributed by atoms with Crippen LogP contribution in [-0.4, -0.2) is 59.4 Å². The van der Waals surface area contributed by atoms with Crippen LogP contribution in [0.15, 0.2) is 0 Å². The summed E-state index contributed by atoms with van der Waals surface area (Å²) in [4.78, 5) is 0. The van der Waals surface area contributed by atoms with Crippen LogP contribution < -0.4 is 5.73 Å². The molecule has 0 bridgehead atoms. The van der Waals surface area contributed by atoms with E-state index in [1.165, 1.54) is 0 Å². The predicted molar refractivity (Wildman–Crippen MR) is 78.5 cm³/mol. The highest BCUT2D eigenvalue weighted by atomic mass is 16.6. The lowest BCUT2D eigenvalue weighted by atomic mass is 10.2. The van der Waals surface area contributed by atoms with Gasteiger partial charge < -0.3 is 24.7 Å². The van der Waals surface area contributed by atoms with E-state index in [9.17, 15) is 0 Å². The van der Waals surface area contributed by atoms with Gasteiger partial charge in [-0.05, 0) is 5.92 Å². The quantitative estimate of drug-likeness (QED) is 0.520. The molecule has 0 atom stereocenters. The summed E-state index contributed by atoms with van der Waals surface area (Å²) in [6.07, 6.45) is 0. The van der Waals surface area contributed by atoms with E-state index in [-0.39, 0.29) is 0 Å². The summed E-state index contributed by atoms with van der Waals surface area (Å²) in [5, 5.41) is 0. The van der Waals surface area contributed by atoms with Crippen LogP contribution >= 0.6 is 0 Å². The highest BCUT2D eigenvalue weighted by Gasteiger charge is 1.94. The number of ether oxygens (including phenoxy) is 4. The van der Waals surface area contributed by atoms with Gasteiger partial charge in [-0.15, -0.1) is 0 Å². The van der Waals surface area contributed by atoms with Crippen molar-refractivity contribution >= 4 is 0 Å². The third-order valence-electron chi connectivity index (χ3n) is 1.83. The zero-order valence-electron chi connectivity index (χ0n) is 13.2. The Kier molecular flexibility index (Phi) is 22.4. The Morgan fingerprint density at radius 1 is 0.684 bits per heavy atom. The fraction of sp³-hybridized carbons (Fsp3) is 1.00. The van der Waals surface area contributed by atoms with Gasteiger partial charge >= 0.3 is 0 Å². The van der Waals surface area contributed by atoms with Gasteiger partial charge in [-0.1, -0.05) is 27.7 Å². The zero-order chi connectivity index (χ0) is 14.8. The molecule has 0 saturated carbocycles. The van der Waals surface area contributed by atoms with Crippen molar-refractivity contribution in [1.82, 2.24) is 0 Å². The molecule has 0 aromatic carbocycles. The van der Waals surface area contributed by atoms with Crippen LogP contribution in [0.1, 0.15) is 27.7 Å². The first-order valence-electron chi connectivity index (χ1n) is 7.28. The molecule has 19 heavy (non-hydrogen) atoms. The van der Waals surface area contributed by atoms with Gasteiger partial charge in [0.15, 0.2) is 0 Å². The molecule has 0 aliphatic heterocycles. The second kappa shape index (κ2) is 20.1. The Balaban J connectivity index is 0. The molecule has 0 aliphatic carbocycles. The monoisotopic (exact) mass is 279 g/mol. The van der Waals surface area contributed by atoms with Crippen LogP contribution in [0.5, 0.6) is 0 Å². The van der Waals surface area contributed by atoms with Crippen LogP contribution in [0.4, 0.5) is 0 Å². The second-order valence-corrected chi connectivity index (χ2v) is 4.09. The molecule has 118 valence electrons. The summed E-state index contributed by atoms with van der Waals surface area (Å²) < 4.78 is 21.1. The lowest BCUT2D eigenvalue weighted by Crippen LogP contribution is -2.14. The number of hydrogen-bond acceptors (Lipinski definition) is 5. The van der Waals surface area contributed by atoms with Crippen molar-refractivity contribution in [1.29, 1.82) is 0 Å². The Hall–Kier alpha value is -0.200. The van der Waals surface area contributed by atoms with Crippen molar-refractivity contribution in [3.8, 4) is 0 Å². The van der Waals surface area contributed by atoms with Crippen molar-refractivity contribution < 1.29 is 18.9 Å². The topological polar surface area (TPSA) is 62.9 Å². The molecule has 0 aliphatic rings. The standard InChI is InChI=1S/C12H27NO4.C2H6/c1-12(2)11-17-10-9-16-8-7-15-6-5-14-4-3-13;1-2/h12H,3-11,13H2,1-2H3;1-2H3. The van der Waals surface area contributed by atoms with Gasteiger partial charge in [0, 0.05) is 13.2 Å². The lowest BCUT2D eigenvalue weighted by molar-refractivity contribution is -0.00387. The van der Waals surface area contributed by atoms with Crippen molar-refractivity contribution in [2.75, 3.05) is 59.4 Å². The Morgan fingerprint density at radius 2 is 1.05 bits per heavy atom. The molecule has 0 radical (unpaired) electrons. The maximum absolute atomic E-state index is 5.37. The zero-order valence-corrected chi connectivity index (χ0v) is 13.2. The molecule has 0 amide bonds. The molecule has 2 N–H and O–H groups in total. The van der Waals surface area contributed by atoms with E-state index in [2.05, 4.69) is 13.8 Å². The molecule has 0 saturated heterocycles. The first kappa shape index (κ1) is 21.1. The van der Waals surface area contributed by atoms with Crippen LogP contribution in [0, 0.1) is 5.92 Å². The van der Waals surface area contributed by atoms with E-state index in [4.69, 9.17) is 24.7 Å². The number of nitrogens with two attached hydrogens (primary N) is 1. The molecule has 5 nitrogen and oxygen atoms in total. The highest BCUT2D eigenvalue weighted by molar-refractivity contribution is 4.40. The predicted octanol–water partition coefficient (Wildman–Crippen LogP) is 1.69. The van der Waals surface area contributed by atoms with Crippen molar-refractivity contribution in [2.24, 2.45) is 11.7 Å². The molecule has 0 rings (SSSR count). The average Bonchev–Trinajstić information content (AvgIpc) is 2.42. The average molecular weight is 279 g/mol. The molecule has 5 heteroatoms. The number of rotatable bonds is 13. The first-order chi connectivity index (χ1) is 9.27. The summed E-state index contributed by atoms with van der Waals surface area (Å²) in [5.74, 6) is 0.576. The summed E-state index contributed by atoms with van der Waals surface area (Å²) in [7, 11) is 0. The van der Waals surface area contributed by atoms with Crippen LogP contribution in [0.2, 0.25) is 0 Å². The fourth-order valence-electron chi connectivity index (χ4n) is 1.06. The smallest absolute Gasteiger partial charge is 0.0701 e.